The first kappa shape index (κ1) is 13.1. The molecule has 1 fully saturated rings. The molecule has 0 spiro atoms. The van der Waals surface area contributed by atoms with Gasteiger partial charge >= 0.3 is 5.97 Å². The van der Waals surface area contributed by atoms with E-state index in [0.29, 0.717) is 12.3 Å². The second-order valence-corrected chi connectivity index (χ2v) is 5.15. The van der Waals surface area contributed by atoms with Gasteiger partial charge in [0.05, 0.1) is 0 Å². The largest absolute Gasteiger partial charge is 0.480 e. The molecule has 1 atom stereocenters. The summed E-state index contributed by atoms with van der Waals surface area (Å²) in [6.45, 7) is 2.64. The van der Waals surface area contributed by atoms with Gasteiger partial charge in [-0.2, -0.15) is 0 Å². The molecule has 1 N–H and O–H groups in total. The molecule has 18 heavy (non-hydrogen) atoms. The van der Waals surface area contributed by atoms with Crippen LogP contribution in [0.2, 0.25) is 0 Å². The van der Waals surface area contributed by atoms with E-state index in [1.165, 1.54) is 24.0 Å². The topological polar surface area (TPSA) is 40.5 Å². The zero-order chi connectivity index (χ0) is 13.1. The SMILES string of the molecule is CCC(C(=O)O)N(C)Cc1ccccc1C1CC1. The first-order valence-electron chi connectivity index (χ1n) is 6.64. The zero-order valence-corrected chi connectivity index (χ0v) is 11.1. The molecule has 0 saturated heterocycles. The second kappa shape index (κ2) is 5.53. The van der Waals surface area contributed by atoms with Gasteiger partial charge in [0.2, 0.25) is 0 Å². The number of likely N-dealkylation sites (N-methyl/N-ethyl adjacent to an activating group) is 1. The predicted molar refractivity (Wildman–Crippen MR) is 71.6 cm³/mol. The Balaban J connectivity index is 2.10. The zero-order valence-electron chi connectivity index (χ0n) is 11.1. The highest BCUT2D eigenvalue weighted by Gasteiger charge is 2.27. The highest BCUT2D eigenvalue weighted by molar-refractivity contribution is 5.73. The van der Waals surface area contributed by atoms with Crippen molar-refractivity contribution in [2.45, 2.75) is 44.7 Å². The molecule has 1 aromatic rings. The van der Waals surface area contributed by atoms with Crippen molar-refractivity contribution in [3.63, 3.8) is 0 Å². The molecule has 3 heteroatoms. The normalized spacial score (nSPS) is 16.8. The van der Waals surface area contributed by atoms with Gasteiger partial charge < -0.3 is 5.11 Å². The summed E-state index contributed by atoms with van der Waals surface area (Å²) in [5, 5.41) is 9.17. The molecular formula is C15H21NO2. The molecule has 2 rings (SSSR count). The fourth-order valence-electron chi connectivity index (χ4n) is 2.52. The number of rotatable bonds is 6. The molecule has 0 aromatic heterocycles. The molecular weight excluding hydrogens is 226 g/mol. The molecule has 0 heterocycles. The van der Waals surface area contributed by atoms with E-state index in [4.69, 9.17) is 0 Å². The Morgan fingerprint density at radius 3 is 2.67 bits per heavy atom. The van der Waals surface area contributed by atoms with E-state index < -0.39 is 12.0 Å². The number of carbonyl (C=O) groups is 1. The van der Waals surface area contributed by atoms with Gasteiger partial charge in [-0.3, -0.25) is 9.69 Å². The van der Waals surface area contributed by atoms with E-state index in [2.05, 4.69) is 18.2 Å². The lowest BCUT2D eigenvalue weighted by molar-refractivity contribution is -0.143. The van der Waals surface area contributed by atoms with Crippen LogP contribution < -0.4 is 0 Å². The Morgan fingerprint density at radius 2 is 2.11 bits per heavy atom. The van der Waals surface area contributed by atoms with Gasteiger partial charge in [-0.05, 0) is 43.4 Å². The third-order valence-electron chi connectivity index (χ3n) is 3.70. The van der Waals surface area contributed by atoms with Crippen LogP contribution in [0.1, 0.15) is 43.2 Å². The first-order valence-corrected chi connectivity index (χ1v) is 6.64. The Bertz CT molecular complexity index is 426. The maximum absolute atomic E-state index is 11.2. The van der Waals surface area contributed by atoms with Crippen LogP contribution in [0, 0.1) is 0 Å². The maximum atomic E-state index is 11.2. The third-order valence-corrected chi connectivity index (χ3v) is 3.70. The molecule has 0 aliphatic heterocycles. The number of nitrogens with zero attached hydrogens (tertiary/aromatic N) is 1. The minimum atomic E-state index is -0.732. The summed E-state index contributed by atoms with van der Waals surface area (Å²) < 4.78 is 0. The average Bonchev–Trinajstić information content (AvgIpc) is 3.14. The van der Waals surface area contributed by atoms with Crippen LogP contribution in [0.5, 0.6) is 0 Å². The minimum absolute atomic E-state index is 0.391. The van der Waals surface area contributed by atoms with Crippen LogP contribution in [0.25, 0.3) is 0 Å². The van der Waals surface area contributed by atoms with Gasteiger partial charge in [0.15, 0.2) is 0 Å². The summed E-state index contributed by atoms with van der Waals surface area (Å²) >= 11 is 0. The van der Waals surface area contributed by atoms with Gasteiger partial charge in [-0.25, -0.2) is 0 Å². The van der Waals surface area contributed by atoms with Crippen LogP contribution in [0.15, 0.2) is 24.3 Å². The fraction of sp³-hybridized carbons (Fsp3) is 0.533. The van der Waals surface area contributed by atoms with E-state index in [0.717, 1.165) is 6.54 Å². The summed E-state index contributed by atoms with van der Waals surface area (Å²) in [6.07, 6.45) is 3.19. The van der Waals surface area contributed by atoms with E-state index in [-0.39, 0.29) is 0 Å². The van der Waals surface area contributed by atoms with Crippen LogP contribution in [0.3, 0.4) is 0 Å². The number of carboxylic acids is 1. The van der Waals surface area contributed by atoms with Crippen molar-refractivity contribution in [2.24, 2.45) is 0 Å². The molecule has 1 saturated carbocycles. The Hall–Kier alpha value is -1.35. The van der Waals surface area contributed by atoms with Crippen molar-refractivity contribution >= 4 is 5.97 Å². The van der Waals surface area contributed by atoms with Crippen molar-refractivity contribution in [2.75, 3.05) is 7.05 Å². The predicted octanol–water partition coefficient (Wildman–Crippen LogP) is 2.86. The maximum Gasteiger partial charge on any atom is 0.320 e. The van der Waals surface area contributed by atoms with E-state index in [1.54, 1.807) is 0 Å². The molecule has 0 bridgehead atoms. The van der Waals surface area contributed by atoms with Gasteiger partial charge in [0, 0.05) is 6.54 Å². The lowest BCUT2D eigenvalue weighted by atomic mass is 10.0. The van der Waals surface area contributed by atoms with Crippen LogP contribution in [0.4, 0.5) is 0 Å². The average molecular weight is 247 g/mol. The minimum Gasteiger partial charge on any atom is -0.480 e. The molecule has 3 nitrogen and oxygen atoms in total. The molecule has 1 aromatic carbocycles. The lowest BCUT2D eigenvalue weighted by Crippen LogP contribution is -2.37. The van der Waals surface area contributed by atoms with E-state index in [1.807, 2.05) is 24.9 Å². The lowest BCUT2D eigenvalue weighted by Gasteiger charge is -2.24. The van der Waals surface area contributed by atoms with Crippen molar-refractivity contribution in [3.05, 3.63) is 35.4 Å². The van der Waals surface area contributed by atoms with Crippen molar-refractivity contribution in [1.29, 1.82) is 0 Å². The van der Waals surface area contributed by atoms with Gasteiger partial charge in [0.25, 0.3) is 0 Å². The summed E-state index contributed by atoms with van der Waals surface area (Å²) in [4.78, 5) is 13.1. The van der Waals surface area contributed by atoms with Crippen molar-refractivity contribution < 1.29 is 9.90 Å². The van der Waals surface area contributed by atoms with E-state index in [9.17, 15) is 9.90 Å². The summed E-state index contributed by atoms with van der Waals surface area (Å²) in [5.74, 6) is -0.0246. The highest BCUT2D eigenvalue weighted by Crippen LogP contribution is 2.41. The standard InChI is InChI=1S/C15H21NO2/c1-3-14(15(17)18)16(2)10-12-6-4-5-7-13(12)11-8-9-11/h4-7,11,14H,3,8-10H2,1-2H3,(H,17,18). The number of hydrogen-bond donors (Lipinski definition) is 1. The number of hydrogen-bond acceptors (Lipinski definition) is 2. The molecule has 1 aliphatic carbocycles. The number of carboxylic acid groups (broad SMARTS) is 1. The van der Waals surface area contributed by atoms with Gasteiger partial charge in [-0.1, -0.05) is 31.2 Å². The molecule has 1 unspecified atom stereocenters. The Kier molecular flexibility index (Phi) is 4.02. The molecule has 1 aliphatic rings. The summed E-state index contributed by atoms with van der Waals surface area (Å²) in [5.41, 5.74) is 2.69. The van der Waals surface area contributed by atoms with Gasteiger partial charge in [-0.15, -0.1) is 0 Å². The summed E-state index contributed by atoms with van der Waals surface area (Å²) in [7, 11) is 1.89. The molecule has 0 amide bonds. The highest BCUT2D eigenvalue weighted by atomic mass is 16.4. The van der Waals surface area contributed by atoms with Crippen LogP contribution in [-0.2, 0) is 11.3 Å². The van der Waals surface area contributed by atoms with E-state index >= 15 is 0 Å². The number of aliphatic carboxylic acids is 1. The van der Waals surface area contributed by atoms with Crippen LogP contribution >= 0.6 is 0 Å². The van der Waals surface area contributed by atoms with Crippen LogP contribution in [-0.4, -0.2) is 29.1 Å². The fourth-order valence-corrected chi connectivity index (χ4v) is 2.52. The quantitative estimate of drug-likeness (QED) is 0.840. The number of benzene rings is 1. The van der Waals surface area contributed by atoms with Crippen molar-refractivity contribution in [1.82, 2.24) is 4.90 Å². The Labute approximate surface area is 108 Å². The first-order chi connectivity index (χ1) is 8.63. The van der Waals surface area contributed by atoms with Crippen molar-refractivity contribution in [3.8, 4) is 0 Å². The molecule has 98 valence electrons. The van der Waals surface area contributed by atoms with Gasteiger partial charge in [0.1, 0.15) is 6.04 Å². The third kappa shape index (κ3) is 2.91. The molecule has 0 radical (unpaired) electrons. The monoisotopic (exact) mass is 247 g/mol. The smallest absolute Gasteiger partial charge is 0.320 e. The summed E-state index contributed by atoms with van der Waals surface area (Å²) in [6, 6.07) is 8.03. The second-order valence-electron chi connectivity index (χ2n) is 5.15. The Morgan fingerprint density at radius 1 is 1.44 bits per heavy atom.